The lowest BCUT2D eigenvalue weighted by molar-refractivity contribution is 1.13. The molecule has 0 radical (unpaired) electrons. The van der Waals surface area contributed by atoms with Crippen LogP contribution in [0.4, 0.5) is 0 Å². The van der Waals surface area contributed by atoms with E-state index >= 15 is 0 Å². The Morgan fingerprint density at radius 2 is 0.576 bits per heavy atom. The second-order valence-corrected chi connectivity index (χ2v) is 17.3. The summed E-state index contributed by atoms with van der Waals surface area (Å²) in [5.41, 5.74) is 11.5. The number of hydrogen-bond donors (Lipinski definition) is 0. The highest BCUT2D eigenvalue weighted by Crippen LogP contribution is 2.43. The third kappa shape index (κ3) is 5.52. The number of benzene rings is 11. The van der Waals surface area contributed by atoms with Crippen molar-refractivity contribution in [1.29, 1.82) is 0 Å². The third-order valence-corrected chi connectivity index (χ3v) is 13.6. The molecule has 14 aromatic rings. The molecule has 3 aromatic heterocycles. The molecule has 0 aliphatic carbocycles. The lowest BCUT2D eigenvalue weighted by Crippen LogP contribution is -2.02. The molecule has 66 heavy (non-hydrogen) atoms. The van der Waals surface area contributed by atoms with Crippen molar-refractivity contribution in [3.8, 4) is 45.3 Å². The molecular formula is C62H38N4. The number of rotatable bonds is 5. The SMILES string of the molecule is c1ccc2c(-c3cc(-c4cc(-n5c6ccccc6c6ccccc65)cc(-n5c6ccccc6c6ccccc65)c4)nc(-c4c5ccccc5cc5ccccc45)n3)c3ccccc3cc2c1. The van der Waals surface area contributed by atoms with Crippen molar-refractivity contribution >= 4 is 86.7 Å². The van der Waals surface area contributed by atoms with Gasteiger partial charge in [0.1, 0.15) is 0 Å². The maximum atomic E-state index is 5.72. The van der Waals surface area contributed by atoms with E-state index in [1.54, 1.807) is 0 Å². The molecule has 0 saturated heterocycles. The molecule has 4 heteroatoms. The predicted octanol–water partition coefficient (Wildman–Crippen LogP) is 16.3. The highest BCUT2D eigenvalue weighted by Gasteiger charge is 2.22. The first-order valence-electron chi connectivity index (χ1n) is 22.6. The zero-order valence-corrected chi connectivity index (χ0v) is 35.7. The zero-order chi connectivity index (χ0) is 43.3. The summed E-state index contributed by atoms with van der Waals surface area (Å²) in [6, 6.07) is 83.5. The van der Waals surface area contributed by atoms with E-state index in [0.717, 1.165) is 93.8 Å². The van der Waals surface area contributed by atoms with Crippen LogP contribution in [-0.2, 0) is 0 Å². The average molecular weight is 839 g/mol. The summed E-state index contributed by atoms with van der Waals surface area (Å²) < 4.78 is 4.84. The number of aromatic nitrogens is 4. The molecule has 0 spiro atoms. The summed E-state index contributed by atoms with van der Waals surface area (Å²) in [5.74, 6) is 0.688. The van der Waals surface area contributed by atoms with Gasteiger partial charge in [0.2, 0.25) is 0 Å². The first kappa shape index (κ1) is 36.6. The first-order chi connectivity index (χ1) is 32.7. The van der Waals surface area contributed by atoms with E-state index in [9.17, 15) is 0 Å². The number of para-hydroxylation sites is 4. The van der Waals surface area contributed by atoms with Crippen LogP contribution >= 0.6 is 0 Å². The van der Waals surface area contributed by atoms with Gasteiger partial charge in [-0.05, 0) is 104 Å². The quantitative estimate of drug-likeness (QED) is 0.162. The molecule has 0 unspecified atom stereocenters. The zero-order valence-electron chi connectivity index (χ0n) is 35.7. The summed E-state index contributed by atoms with van der Waals surface area (Å²) >= 11 is 0. The molecule has 11 aromatic carbocycles. The molecule has 0 atom stereocenters. The standard InChI is InChI=1S/C62H38N4/c1-5-21-46-39(17-1)33-40-18-2-6-22-47(40)60(46)55-38-54(63-62(64-55)61-48-23-7-3-19-41(48)34-42-20-4-8-24-49(42)61)43-35-44(65-56-29-13-9-25-50(56)51-26-10-14-30-57(51)65)37-45(36-43)66-58-31-15-11-27-52(58)53-28-12-16-32-59(53)66/h1-38H. The van der Waals surface area contributed by atoms with Gasteiger partial charge in [-0.2, -0.15) is 0 Å². The summed E-state index contributed by atoms with van der Waals surface area (Å²) in [5, 5.41) is 14.1. The van der Waals surface area contributed by atoms with E-state index in [1.165, 1.54) is 32.3 Å². The fourth-order valence-corrected chi connectivity index (χ4v) is 10.8. The van der Waals surface area contributed by atoms with Crippen molar-refractivity contribution < 1.29 is 0 Å². The topological polar surface area (TPSA) is 35.6 Å². The van der Waals surface area contributed by atoms with Gasteiger partial charge in [-0.3, -0.25) is 0 Å². The second kappa shape index (κ2) is 14.3. The van der Waals surface area contributed by atoms with Crippen LogP contribution in [0.1, 0.15) is 0 Å². The van der Waals surface area contributed by atoms with Crippen molar-refractivity contribution in [1.82, 2.24) is 19.1 Å². The Hall–Kier alpha value is -8.86. The second-order valence-electron chi connectivity index (χ2n) is 17.3. The average Bonchev–Trinajstić information content (AvgIpc) is 3.90. The van der Waals surface area contributed by atoms with E-state index < -0.39 is 0 Å². The lowest BCUT2D eigenvalue weighted by Gasteiger charge is -2.18. The van der Waals surface area contributed by atoms with Crippen molar-refractivity contribution in [3.05, 3.63) is 231 Å². The Bertz CT molecular complexity index is 3820. The predicted molar refractivity (Wildman–Crippen MR) is 277 cm³/mol. The summed E-state index contributed by atoms with van der Waals surface area (Å²) in [6.45, 7) is 0. The monoisotopic (exact) mass is 838 g/mol. The van der Waals surface area contributed by atoms with E-state index in [1.807, 2.05) is 0 Å². The molecule has 0 N–H and O–H groups in total. The highest BCUT2D eigenvalue weighted by atomic mass is 15.0. The molecule has 0 fully saturated rings. The molecule has 0 bridgehead atoms. The number of hydrogen-bond acceptors (Lipinski definition) is 2. The minimum absolute atomic E-state index is 0.688. The van der Waals surface area contributed by atoms with Crippen LogP contribution in [0.3, 0.4) is 0 Å². The van der Waals surface area contributed by atoms with Gasteiger partial charge in [0.15, 0.2) is 5.82 Å². The first-order valence-corrected chi connectivity index (χ1v) is 22.6. The minimum Gasteiger partial charge on any atom is -0.309 e. The van der Waals surface area contributed by atoms with Gasteiger partial charge >= 0.3 is 0 Å². The number of nitrogens with zero attached hydrogens (tertiary/aromatic N) is 4. The molecule has 0 aliphatic heterocycles. The summed E-state index contributed by atoms with van der Waals surface area (Å²) in [7, 11) is 0. The number of fused-ring (bicyclic) bond motifs is 10. The smallest absolute Gasteiger partial charge is 0.161 e. The molecule has 14 rings (SSSR count). The van der Waals surface area contributed by atoms with Gasteiger partial charge < -0.3 is 9.13 Å². The van der Waals surface area contributed by atoms with Gasteiger partial charge in [-0.15, -0.1) is 0 Å². The van der Waals surface area contributed by atoms with Gasteiger partial charge in [0, 0.05) is 49.6 Å². The molecule has 3 heterocycles. The maximum absolute atomic E-state index is 5.72. The van der Waals surface area contributed by atoms with E-state index in [2.05, 4.69) is 240 Å². The molecule has 0 amide bonds. The fourth-order valence-electron chi connectivity index (χ4n) is 10.8. The van der Waals surface area contributed by atoms with Crippen LogP contribution < -0.4 is 0 Å². The molecular weight excluding hydrogens is 801 g/mol. The molecule has 0 aliphatic rings. The van der Waals surface area contributed by atoms with Crippen molar-refractivity contribution in [2.75, 3.05) is 0 Å². The van der Waals surface area contributed by atoms with Gasteiger partial charge in [0.25, 0.3) is 0 Å². The van der Waals surface area contributed by atoms with Crippen molar-refractivity contribution in [2.24, 2.45) is 0 Å². The molecule has 4 nitrogen and oxygen atoms in total. The normalized spacial score (nSPS) is 11.9. The Balaban J connectivity index is 1.14. The fraction of sp³-hybridized carbons (Fsp3) is 0. The Morgan fingerprint density at radius 3 is 0.970 bits per heavy atom. The van der Waals surface area contributed by atoms with E-state index in [4.69, 9.17) is 9.97 Å². The van der Waals surface area contributed by atoms with Crippen molar-refractivity contribution in [3.63, 3.8) is 0 Å². The van der Waals surface area contributed by atoms with Crippen LogP contribution in [0, 0.1) is 0 Å². The summed E-state index contributed by atoms with van der Waals surface area (Å²) in [6.07, 6.45) is 0. The van der Waals surface area contributed by atoms with Crippen LogP contribution in [0.5, 0.6) is 0 Å². The third-order valence-electron chi connectivity index (χ3n) is 13.6. The minimum atomic E-state index is 0.688. The van der Waals surface area contributed by atoms with Gasteiger partial charge in [0.05, 0.1) is 33.5 Å². The Morgan fingerprint density at radius 1 is 0.258 bits per heavy atom. The van der Waals surface area contributed by atoms with Crippen LogP contribution in [0.15, 0.2) is 231 Å². The van der Waals surface area contributed by atoms with E-state index in [0.29, 0.717) is 5.82 Å². The Kier molecular flexibility index (Phi) is 7.95. The Labute approximate surface area is 379 Å². The van der Waals surface area contributed by atoms with Crippen LogP contribution in [0.25, 0.3) is 132 Å². The van der Waals surface area contributed by atoms with Gasteiger partial charge in [-0.1, -0.05) is 170 Å². The molecule has 306 valence electrons. The van der Waals surface area contributed by atoms with Crippen LogP contribution in [0.2, 0.25) is 0 Å². The maximum Gasteiger partial charge on any atom is 0.161 e. The lowest BCUT2D eigenvalue weighted by atomic mass is 9.93. The van der Waals surface area contributed by atoms with E-state index in [-0.39, 0.29) is 0 Å². The van der Waals surface area contributed by atoms with Crippen LogP contribution in [-0.4, -0.2) is 19.1 Å². The van der Waals surface area contributed by atoms with Crippen molar-refractivity contribution in [2.45, 2.75) is 0 Å². The largest absolute Gasteiger partial charge is 0.309 e. The molecule has 0 saturated carbocycles. The highest BCUT2D eigenvalue weighted by molar-refractivity contribution is 6.15. The van der Waals surface area contributed by atoms with Gasteiger partial charge in [-0.25, -0.2) is 9.97 Å². The summed E-state index contributed by atoms with van der Waals surface area (Å²) in [4.78, 5) is 11.4.